The molecule has 3 rings (SSSR count). The van der Waals surface area contributed by atoms with Crippen LogP contribution in [0, 0.1) is 0 Å². The van der Waals surface area contributed by atoms with Gasteiger partial charge in [0.05, 0.1) is 0 Å². The van der Waals surface area contributed by atoms with Crippen molar-refractivity contribution in [1.29, 1.82) is 0 Å². The first-order chi connectivity index (χ1) is 8.84. The Labute approximate surface area is 107 Å². The lowest BCUT2D eigenvalue weighted by Crippen LogP contribution is -1.97. The maximum Gasteiger partial charge on any atom is 0.164 e. The van der Waals surface area contributed by atoms with Crippen LogP contribution in [-0.4, -0.2) is 5.78 Å². The van der Waals surface area contributed by atoms with E-state index < -0.39 is 0 Å². The molecule has 0 saturated heterocycles. The fourth-order valence-corrected chi connectivity index (χ4v) is 2.45. The Morgan fingerprint density at radius 3 is 2.11 bits per heavy atom. The smallest absolute Gasteiger partial charge is 0.164 e. The number of hydrogen-bond donors (Lipinski definition) is 0. The summed E-state index contributed by atoms with van der Waals surface area (Å²) in [5.41, 5.74) is 3.11. The summed E-state index contributed by atoms with van der Waals surface area (Å²) in [7, 11) is 0. The molecule has 1 aliphatic carbocycles. The van der Waals surface area contributed by atoms with Crippen LogP contribution in [0.1, 0.15) is 23.5 Å². The zero-order valence-corrected chi connectivity index (χ0v) is 10.0. The van der Waals surface area contributed by atoms with Gasteiger partial charge >= 0.3 is 0 Å². The number of ketones is 1. The van der Waals surface area contributed by atoms with Crippen LogP contribution in [0.15, 0.2) is 66.7 Å². The molecule has 2 aromatic carbocycles. The molecule has 1 atom stereocenters. The molecule has 88 valence electrons. The molecule has 1 aliphatic rings. The van der Waals surface area contributed by atoms with Gasteiger partial charge in [-0.3, -0.25) is 4.79 Å². The third kappa shape index (κ3) is 2.00. The van der Waals surface area contributed by atoms with Gasteiger partial charge in [0, 0.05) is 17.9 Å². The lowest BCUT2D eigenvalue weighted by molar-refractivity contribution is -0.113. The van der Waals surface area contributed by atoms with Gasteiger partial charge < -0.3 is 0 Å². The van der Waals surface area contributed by atoms with E-state index in [0.717, 1.165) is 11.1 Å². The zero-order valence-electron chi connectivity index (χ0n) is 10.0. The molecule has 0 saturated carbocycles. The van der Waals surface area contributed by atoms with E-state index >= 15 is 0 Å². The Morgan fingerprint density at radius 2 is 1.44 bits per heavy atom. The van der Waals surface area contributed by atoms with Gasteiger partial charge in [0.25, 0.3) is 0 Å². The van der Waals surface area contributed by atoms with Crippen LogP contribution in [0.4, 0.5) is 0 Å². The molecule has 0 spiro atoms. The third-order valence-electron chi connectivity index (χ3n) is 3.39. The summed E-state index contributed by atoms with van der Waals surface area (Å²) in [6.07, 6.45) is 2.70. The summed E-state index contributed by atoms with van der Waals surface area (Å²) < 4.78 is 0. The standard InChI is InChI=1S/C17H14O/c18-17-12-15(13-7-3-1-4-8-13)11-16(17)14-9-5-2-6-10-14/h1-11,15H,12H2/t15-/m1/s1. The number of carbonyl (C=O) groups excluding carboxylic acids is 1. The van der Waals surface area contributed by atoms with E-state index in [1.807, 2.05) is 48.5 Å². The molecule has 0 bridgehead atoms. The van der Waals surface area contributed by atoms with Crippen molar-refractivity contribution in [3.63, 3.8) is 0 Å². The van der Waals surface area contributed by atoms with Gasteiger partial charge in [0.1, 0.15) is 0 Å². The number of hydrogen-bond acceptors (Lipinski definition) is 1. The van der Waals surface area contributed by atoms with E-state index in [1.165, 1.54) is 5.56 Å². The van der Waals surface area contributed by atoms with E-state index in [-0.39, 0.29) is 11.7 Å². The number of Topliss-reactive ketones (excluding diaryl/α,β-unsaturated/α-hetero) is 1. The second kappa shape index (κ2) is 4.61. The Bertz CT molecular complexity index is 582. The van der Waals surface area contributed by atoms with Crippen LogP contribution in [0.3, 0.4) is 0 Å². The predicted molar refractivity (Wildman–Crippen MR) is 73.2 cm³/mol. The molecule has 0 N–H and O–H groups in total. The van der Waals surface area contributed by atoms with Gasteiger partial charge in [-0.05, 0) is 11.1 Å². The Balaban J connectivity index is 1.95. The number of allylic oxidation sites excluding steroid dienone is 2. The molecule has 0 aromatic heterocycles. The predicted octanol–water partition coefficient (Wildman–Crippen LogP) is 3.83. The maximum atomic E-state index is 12.1. The van der Waals surface area contributed by atoms with Crippen LogP contribution in [-0.2, 0) is 4.79 Å². The monoisotopic (exact) mass is 234 g/mol. The first-order valence-electron chi connectivity index (χ1n) is 6.20. The maximum absolute atomic E-state index is 12.1. The highest BCUT2D eigenvalue weighted by Crippen LogP contribution is 2.34. The van der Waals surface area contributed by atoms with Crippen molar-refractivity contribution in [2.45, 2.75) is 12.3 Å². The van der Waals surface area contributed by atoms with Gasteiger partial charge in [0.15, 0.2) is 5.78 Å². The summed E-state index contributed by atoms with van der Waals surface area (Å²) in [4.78, 5) is 12.1. The highest BCUT2D eigenvalue weighted by atomic mass is 16.1. The molecule has 0 fully saturated rings. The van der Waals surface area contributed by atoms with Crippen LogP contribution < -0.4 is 0 Å². The first kappa shape index (κ1) is 11.0. The molecule has 0 heterocycles. The van der Waals surface area contributed by atoms with E-state index in [2.05, 4.69) is 18.2 Å². The minimum Gasteiger partial charge on any atom is -0.294 e. The first-order valence-corrected chi connectivity index (χ1v) is 6.20. The van der Waals surface area contributed by atoms with E-state index in [9.17, 15) is 4.79 Å². The van der Waals surface area contributed by atoms with Crippen molar-refractivity contribution < 1.29 is 4.79 Å². The lowest BCUT2D eigenvalue weighted by Gasteiger charge is -2.05. The molecule has 18 heavy (non-hydrogen) atoms. The molecule has 0 aliphatic heterocycles. The van der Waals surface area contributed by atoms with Crippen molar-refractivity contribution in [3.8, 4) is 0 Å². The average Bonchev–Trinajstić information content (AvgIpc) is 2.83. The largest absolute Gasteiger partial charge is 0.294 e. The Hall–Kier alpha value is -2.15. The number of carbonyl (C=O) groups is 1. The van der Waals surface area contributed by atoms with E-state index in [0.29, 0.717) is 6.42 Å². The van der Waals surface area contributed by atoms with E-state index in [1.54, 1.807) is 0 Å². The summed E-state index contributed by atoms with van der Waals surface area (Å²) in [5.74, 6) is 0.476. The highest BCUT2D eigenvalue weighted by Gasteiger charge is 2.25. The van der Waals surface area contributed by atoms with Gasteiger partial charge in [-0.1, -0.05) is 66.7 Å². The summed E-state index contributed by atoms with van der Waals surface area (Å²) in [6.45, 7) is 0. The van der Waals surface area contributed by atoms with Crippen LogP contribution in [0.25, 0.3) is 5.57 Å². The number of benzene rings is 2. The second-order valence-electron chi connectivity index (χ2n) is 4.59. The molecular weight excluding hydrogens is 220 g/mol. The minimum absolute atomic E-state index is 0.230. The summed E-state index contributed by atoms with van der Waals surface area (Å²) in [6, 6.07) is 20.1. The molecule has 1 heteroatoms. The Morgan fingerprint density at radius 1 is 0.833 bits per heavy atom. The van der Waals surface area contributed by atoms with Crippen LogP contribution >= 0.6 is 0 Å². The normalized spacial score (nSPS) is 18.8. The second-order valence-corrected chi connectivity index (χ2v) is 4.59. The Kier molecular flexibility index (Phi) is 2.81. The molecular formula is C17H14O. The van der Waals surface area contributed by atoms with Gasteiger partial charge in [0.2, 0.25) is 0 Å². The fourth-order valence-electron chi connectivity index (χ4n) is 2.45. The van der Waals surface area contributed by atoms with Crippen molar-refractivity contribution in [2.24, 2.45) is 0 Å². The topological polar surface area (TPSA) is 17.1 Å². The van der Waals surface area contributed by atoms with Crippen molar-refractivity contribution in [1.82, 2.24) is 0 Å². The van der Waals surface area contributed by atoms with Gasteiger partial charge in [-0.25, -0.2) is 0 Å². The molecule has 2 aromatic rings. The van der Waals surface area contributed by atoms with E-state index in [4.69, 9.17) is 0 Å². The van der Waals surface area contributed by atoms with Crippen molar-refractivity contribution >= 4 is 11.4 Å². The fraction of sp³-hybridized carbons (Fsp3) is 0.118. The lowest BCUT2D eigenvalue weighted by atomic mass is 9.99. The molecule has 0 amide bonds. The zero-order chi connectivity index (χ0) is 12.4. The number of rotatable bonds is 2. The minimum atomic E-state index is 0.230. The van der Waals surface area contributed by atoms with Gasteiger partial charge in [-0.2, -0.15) is 0 Å². The SMILES string of the molecule is O=C1C[C@H](c2ccccc2)C=C1c1ccccc1. The van der Waals surface area contributed by atoms with Gasteiger partial charge in [-0.15, -0.1) is 0 Å². The highest BCUT2D eigenvalue weighted by molar-refractivity contribution is 6.23. The third-order valence-corrected chi connectivity index (χ3v) is 3.39. The summed E-state index contributed by atoms with van der Waals surface area (Å²) in [5, 5.41) is 0. The molecule has 0 unspecified atom stereocenters. The quantitative estimate of drug-likeness (QED) is 0.771. The average molecular weight is 234 g/mol. The van der Waals surface area contributed by atoms with Crippen molar-refractivity contribution in [2.75, 3.05) is 0 Å². The molecule has 0 radical (unpaired) electrons. The van der Waals surface area contributed by atoms with Crippen molar-refractivity contribution in [3.05, 3.63) is 77.9 Å². The van der Waals surface area contributed by atoms with Crippen LogP contribution in [0.2, 0.25) is 0 Å². The molecule has 1 nitrogen and oxygen atoms in total. The summed E-state index contributed by atoms with van der Waals surface area (Å²) >= 11 is 0. The van der Waals surface area contributed by atoms with Crippen LogP contribution in [0.5, 0.6) is 0 Å².